The van der Waals surface area contributed by atoms with Crippen LogP contribution in [0.1, 0.15) is 32.3 Å². The molecule has 1 aromatic rings. The fourth-order valence-electron chi connectivity index (χ4n) is 1.79. The fourth-order valence-corrected chi connectivity index (χ4v) is 1.98. The molecule has 0 aliphatic rings. The van der Waals surface area contributed by atoms with Crippen LogP contribution >= 0.6 is 11.6 Å². The summed E-state index contributed by atoms with van der Waals surface area (Å²) in [5.74, 6) is 0.0650. The zero-order valence-electron chi connectivity index (χ0n) is 11.2. The standard InChI is InChI=1S/C14H21ClN2O/c1-14(2,11-6-4-7-12(15)10-11)17-13(18)8-5-9-16-3/h4,6-7,10,16H,5,8-9H2,1-3H3,(H,17,18). The third kappa shape index (κ3) is 4.67. The van der Waals surface area contributed by atoms with Gasteiger partial charge in [0.2, 0.25) is 5.91 Å². The maximum absolute atomic E-state index is 11.8. The SMILES string of the molecule is CNCCCC(=O)NC(C)(C)c1cccc(Cl)c1. The highest BCUT2D eigenvalue weighted by atomic mass is 35.5. The molecule has 100 valence electrons. The first-order valence-electron chi connectivity index (χ1n) is 6.17. The normalized spacial score (nSPS) is 11.3. The number of carbonyl (C=O) groups excluding carboxylic acids is 1. The first-order chi connectivity index (χ1) is 8.45. The maximum atomic E-state index is 11.8. The Morgan fingerprint density at radius 3 is 2.72 bits per heavy atom. The molecule has 0 unspecified atom stereocenters. The summed E-state index contributed by atoms with van der Waals surface area (Å²) in [5.41, 5.74) is 0.610. The second-order valence-corrected chi connectivity index (χ2v) is 5.33. The molecule has 0 saturated carbocycles. The van der Waals surface area contributed by atoms with Crippen LogP contribution in [-0.4, -0.2) is 19.5 Å². The van der Waals surface area contributed by atoms with Crippen molar-refractivity contribution in [1.82, 2.24) is 10.6 Å². The summed E-state index contributed by atoms with van der Waals surface area (Å²) < 4.78 is 0. The number of rotatable bonds is 6. The molecule has 0 aromatic heterocycles. The van der Waals surface area contributed by atoms with Crippen LogP contribution in [0.5, 0.6) is 0 Å². The molecule has 0 atom stereocenters. The quantitative estimate of drug-likeness (QED) is 0.779. The third-order valence-corrected chi connectivity index (χ3v) is 3.06. The van der Waals surface area contributed by atoms with E-state index in [-0.39, 0.29) is 5.91 Å². The van der Waals surface area contributed by atoms with E-state index in [0.717, 1.165) is 18.5 Å². The van der Waals surface area contributed by atoms with Crippen molar-refractivity contribution in [2.45, 2.75) is 32.2 Å². The molecular formula is C14H21ClN2O. The van der Waals surface area contributed by atoms with E-state index < -0.39 is 5.54 Å². The van der Waals surface area contributed by atoms with Crippen LogP contribution in [0, 0.1) is 0 Å². The Bertz CT molecular complexity index is 405. The van der Waals surface area contributed by atoms with Gasteiger partial charge in [0.05, 0.1) is 5.54 Å². The molecule has 1 rings (SSSR count). The van der Waals surface area contributed by atoms with E-state index in [0.29, 0.717) is 11.4 Å². The molecule has 1 aromatic carbocycles. The highest BCUT2D eigenvalue weighted by Gasteiger charge is 2.22. The molecule has 0 bridgehead atoms. The largest absolute Gasteiger partial charge is 0.347 e. The van der Waals surface area contributed by atoms with Gasteiger partial charge in [-0.15, -0.1) is 0 Å². The van der Waals surface area contributed by atoms with Crippen molar-refractivity contribution in [3.8, 4) is 0 Å². The summed E-state index contributed by atoms with van der Waals surface area (Å²) in [6.45, 7) is 4.81. The van der Waals surface area contributed by atoms with Crippen LogP contribution < -0.4 is 10.6 Å². The van der Waals surface area contributed by atoms with E-state index in [1.807, 2.05) is 45.2 Å². The van der Waals surface area contributed by atoms with Gasteiger partial charge in [0.1, 0.15) is 0 Å². The summed E-state index contributed by atoms with van der Waals surface area (Å²) in [4.78, 5) is 11.8. The lowest BCUT2D eigenvalue weighted by Crippen LogP contribution is -2.41. The monoisotopic (exact) mass is 268 g/mol. The zero-order chi connectivity index (χ0) is 13.6. The summed E-state index contributed by atoms with van der Waals surface area (Å²) in [5, 5.41) is 6.75. The molecule has 0 heterocycles. The van der Waals surface area contributed by atoms with E-state index in [1.54, 1.807) is 0 Å². The second kappa shape index (κ2) is 6.76. The van der Waals surface area contributed by atoms with Crippen LogP contribution in [0.3, 0.4) is 0 Å². The van der Waals surface area contributed by atoms with Crippen LogP contribution in [0.25, 0.3) is 0 Å². The molecule has 0 spiro atoms. The van der Waals surface area contributed by atoms with Crippen molar-refractivity contribution in [3.05, 3.63) is 34.9 Å². The fraction of sp³-hybridized carbons (Fsp3) is 0.500. The van der Waals surface area contributed by atoms with E-state index in [1.165, 1.54) is 0 Å². The molecular weight excluding hydrogens is 248 g/mol. The molecule has 0 aliphatic heterocycles. The maximum Gasteiger partial charge on any atom is 0.220 e. The Morgan fingerprint density at radius 2 is 2.11 bits per heavy atom. The zero-order valence-corrected chi connectivity index (χ0v) is 12.0. The summed E-state index contributed by atoms with van der Waals surface area (Å²) in [6.07, 6.45) is 1.37. The Hall–Kier alpha value is -1.06. The van der Waals surface area contributed by atoms with Crippen molar-refractivity contribution in [2.24, 2.45) is 0 Å². The molecule has 3 nitrogen and oxygen atoms in total. The summed E-state index contributed by atoms with van der Waals surface area (Å²) in [7, 11) is 1.88. The van der Waals surface area contributed by atoms with Gasteiger partial charge in [-0.3, -0.25) is 4.79 Å². The van der Waals surface area contributed by atoms with Gasteiger partial charge in [0.15, 0.2) is 0 Å². The molecule has 4 heteroatoms. The van der Waals surface area contributed by atoms with Crippen LogP contribution in [0.15, 0.2) is 24.3 Å². The number of nitrogens with one attached hydrogen (secondary N) is 2. The lowest BCUT2D eigenvalue weighted by Gasteiger charge is -2.27. The topological polar surface area (TPSA) is 41.1 Å². The number of benzene rings is 1. The molecule has 0 aliphatic carbocycles. The predicted molar refractivity (Wildman–Crippen MR) is 75.8 cm³/mol. The van der Waals surface area contributed by atoms with Crippen LogP contribution in [-0.2, 0) is 10.3 Å². The van der Waals surface area contributed by atoms with Gasteiger partial charge in [-0.2, -0.15) is 0 Å². The molecule has 0 radical (unpaired) electrons. The first-order valence-corrected chi connectivity index (χ1v) is 6.55. The van der Waals surface area contributed by atoms with Crippen molar-refractivity contribution < 1.29 is 4.79 Å². The average Bonchev–Trinajstić information content (AvgIpc) is 2.28. The predicted octanol–water partition coefficient (Wildman–Crippen LogP) is 2.69. The molecule has 2 N–H and O–H groups in total. The van der Waals surface area contributed by atoms with Gasteiger partial charge >= 0.3 is 0 Å². The third-order valence-electron chi connectivity index (χ3n) is 2.83. The van der Waals surface area contributed by atoms with E-state index in [2.05, 4.69) is 10.6 Å². The molecule has 0 saturated heterocycles. The highest BCUT2D eigenvalue weighted by molar-refractivity contribution is 6.30. The van der Waals surface area contributed by atoms with Gasteiger partial charge in [0.25, 0.3) is 0 Å². The van der Waals surface area contributed by atoms with Gasteiger partial charge < -0.3 is 10.6 Å². The smallest absolute Gasteiger partial charge is 0.220 e. The summed E-state index contributed by atoms with van der Waals surface area (Å²) in [6, 6.07) is 7.58. The van der Waals surface area contributed by atoms with Crippen molar-refractivity contribution in [2.75, 3.05) is 13.6 Å². The minimum Gasteiger partial charge on any atom is -0.347 e. The Labute approximate surface area is 114 Å². The van der Waals surface area contributed by atoms with E-state index >= 15 is 0 Å². The van der Waals surface area contributed by atoms with Crippen LogP contribution in [0.4, 0.5) is 0 Å². The van der Waals surface area contributed by atoms with Gasteiger partial charge in [-0.1, -0.05) is 23.7 Å². The van der Waals surface area contributed by atoms with E-state index in [4.69, 9.17) is 11.6 Å². The lowest BCUT2D eigenvalue weighted by atomic mass is 9.94. The van der Waals surface area contributed by atoms with Gasteiger partial charge in [0, 0.05) is 11.4 Å². The average molecular weight is 269 g/mol. The Balaban J connectivity index is 2.61. The minimum absolute atomic E-state index is 0.0650. The number of hydrogen-bond donors (Lipinski definition) is 2. The van der Waals surface area contributed by atoms with Gasteiger partial charge in [-0.05, 0) is 51.6 Å². The van der Waals surface area contributed by atoms with Crippen LogP contribution in [0.2, 0.25) is 5.02 Å². The highest BCUT2D eigenvalue weighted by Crippen LogP contribution is 2.23. The number of halogens is 1. The van der Waals surface area contributed by atoms with E-state index in [9.17, 15) is 4.79 Å². The first kappa shape index (κ1) is 15.0. The molecule has 1 amide bonds. The Morgan fingerprint density at radius 1 is 1.39 bits per heavy atom. The van der Waals surface area contributed by atoms with Crippen molar-refractivity contribution in [3.63, 3.8) is 0 Å². The lowest BCUT2D eigenvalue weighted by molar-refractivity contribution is -0.122. The summed E-state index contributed by atoms with van der Waals surface area (Å²) >= 11 is 5.97. The van der Waals surface area contributed by atoms with Gasteiger partial charge in [-0.25, -0.2) is 0 Å². The second-order valence-electron chi connectivity index (χ2n) is 4.89. The minimum atomic E-state index is -0.401. The number of carbonyl (C=O) groups is 1. The Kier molecular flexibility index (Phi) is 5.63. The number of amides is 1. The number of hydrogen-bond acceptors (Lipinski definition) is 2. The molecule has 18 heavy (non-hydrogen) atoms. The molecule has 0 fully saturated rings. The van der Waals surface area contributed by atoms with Crippen molar-refractivity contribution >= 4 is 17.5 Å². The van der Waals surface area contributed by atoms with Crippen molar-refractivity contribution in [1.29, 1.82) is 0 Å².